The van der Waals surface area contributed by atoms with Gasteiger partial charge in [0, 0.05) is 5.56 Å². The van der Waals surface area contributed by atoms with Gasteiger partial charge in [-0.2, -0.15) is 0 Å². The van der Waals surface area contributed by atoms with E-state index in [9.17, 15) is 4.39 Å². The molecule has 0 spiro atoms. The Hall–Kier alpha value is -2.93. The van der Waals surface area contributed by atoms with Crippen LogP contribution in [0.15, 0.2) is 84.9 Å². The van der Waals surface area contributed by atoms with E-state index in [1.54, 1.807) is 6.07 Å². The van der Waals surface area contributed by atoms with Gasteiger partial charge in [-0.25, -0.2) is 4.39 Å². The van der Waals surface area contributed by atoms with Crippen molar-refractivity contribution in [3.63, 3.8) is 0 Å². The molecule has 148 valence electrons. The van der Waals surface area contributed by atoms with E-state index in [1.807, 2.05) is 37.3 Å². The topological polar surface area (TPSA) is 0 Å². The van der Waals surface area contributed by atoms with E-state index in [1.165, 1.54) is 11.1 Å². The van der Waals surface area contributed by atoms with Gasteiger partial charge >= 0.3 is 0 Å². The fraction of sp³-hybridized carbons (Fsp3) is 0.214. The molecular weight excluding hydrogens is 355 g/mol. The minimum atomic E-state index is -0.165. The second kappa shape index (κ2) is 10.6. The van der Waals surface area contributed by atoms with Gasteiger partial charge in [-0.15, -0.1) is 0 Å². The summed E-state index contributed by atoms with van der Waals surface area (Å²) in [4.78, 5) is 0. The van der Waals surface area contributed by atoms with Crippen molar-refractivity contribution in [3.8, 4) is 0 Å². The van der Waals surface area contributed by atoms with Crippen molar-refractivity contribution in [1.29, 1.82) is 0 Å². The summed E-state index contributed by atoms with van der Waals surface area (Å²) in [5.74, 6) is 0.199. The fourth-order valence-corrected chi connectivity index (χ4v) is 3.48. The summed E-state index contributed by atoms with van der Waals surface area (Å²) in [6.07, 6.45) is 11.0. The molecule has 0 radical (unpaired) electrons. The van der Waals surface area contributed by atoms with Gasteiger partial charge in [0.15, 0.2) is 0 Å². The van der Waals surface area contributed by atoms with Gasteiger partial charge in [0.05, 0.1) is 0 Å². The summed E-state index contributed by atoms with van der Waals surface area (Å²) >= 11 is 0. The third-order valence-electron chi connectivity index (χ3n) is 5.25. The van der Waals surface area contributed by atoms with Crippen LogP contribution in [0.4, 0.5) is 4.39 Å². The van der Waals surface area contributed by atoms with Crippen LogP contribution in [0.25, 0.3) is 12.2 Å². The van der Waals surface area contributed by atoms with Crippen molar-refractivity contribution >= 4 is 12.2 Å². The normalized spacial score (nSPS) is 12.7. The maximum Gasteiger partial charge on any atom is 0.130 e. The molecule has 1 heteroatoms. The first-order valence-corrected chi connectivity index (χ1v) is 10.4. The molecule has 0 bridgehead atoms. The van der Waals surface area contributed by atoms with Crippen LogP contribution in [-0.2, 0) is 12.8 Å². The van der Waals surface area contributed by atoms with Crippen LogP contribution in [0, 0.1) is 5.82 Å². The summed E-state index contributed by atoms with van der Waals surface area (Å²) in [7, 11) is 0. The zero-order valence-electron chi connectivity index (χ0n) is 17.3. The summed E-state index contributed by atoms with van der Waals surface area (Å²) in [6.45, 7) is 4.23. The number of hydrogen-bond acceptors (Lipinski definition) is 0. The monoisotopic (exact) mass is 384 g/mol. The Bertz CT molecular complexity index is 949. The lowest BCUT2D eigenvalue weighted by Gasteiger charge is -2.12. The Labute approximate surface area is 174 Å². The van der Waals surface area contributed by atoms with Crippen LogP contribution >= 0.6 is 0 Å². The summed E-state index contributed by atoms with van der Waals surface area (Å²) < 4.78 is 14.6. The van der Waals surface area contributed by atoms with Crippen molar-refractivity contribution in [1.82, 2.24) is 0 Å². The van der Waals surface area contributed by atoms with Crippen LogP contribution in [0.2, 0.25) is 0 Å². The van der Waals surface area contributed by atoms with Gasteiger partial charge in [-0.3, -0.25) is 0 Å². The molecule has 3 rings (SSSR count). The first kappa shape index (κ1) is 20.8. The van der Waals surface area contributed by atoms with E-state index >= 15 is 0 Å². The Kier molecular flexibility index (Phi) is 7.58. The quantitative estimate of drug-likeness (QED) is 0.274. The molecule has 0 aromatic heterocycles. The third-order valence-corrected chi connectivity index (χ3v) is 5.25. The molecule has 0 aliphatic rings. The molecular formula is C28H29F. The van der Waals surface area contributed by atoms with Gasteiger partial charge in [-0.05, 0) is 60.4 Å². The number of halogens is 1. The highest BCUT2D eigenvalue weighted by molar-refractivity contribution is 5.70. The van der Waals surface area contributed by atoms with E-state index in [0.717, 1.165) is 30.4 Å². The van der Waals surface area contributed by atoms with Gasteiger partial charge in [0.2, 0.25) is 0 Å². The van der Waals surface area contributed by atoms with Gasteiger partial charge in [-0.1, -0.05) is 98.0 Å². The molecule has 0 amide bonds. The molecule has 0 fully saturated rings. The highest BCUT2D eigenvalue weighted by atomic mass is 19.1. The molecule has 3 aromatic carbocycles. The zero-order valence-corrected chi connectivity index (χ0v) is 17.3. The Morgan fingerprint density at radius 2 is 1.59 bits per heavy atom. The van der Waals surface area contributed by atoms with E-state index in [2.05, 4.69) is 67.6 Å². The number of benzene rings is 3. The highest BCUT2D eigenvalue weighted by Gasteiger charge is 2.08. The average Bonchev–Trinajstić information content (AvgIpc) is 2.75. The molecule has 0 saturated carbocycles. The first-order chi connectivity index (χ1) is 14.2. The number of rotatable bonds is 8. The molecule has 0 N–H and O–H groups in total. The second-order valence-electron chi connectivity index (χ2n) is 7.55. The van der Waals surface area contributed by atoms with E-state index in [0.29, 0.717) is 11.5 Å². The number of allylic oxidation sites excluding steroid dienone is 2. The van der Waals surface area contributed by atoms with Gasteiger partial charge in [0.25, 0.3) is 0 Å². The van der Waals surface area contributed by atoms with Crippen LogP contribution in [0.3, 0.4) is 0 Å². The minimum Gasteiger partial charge on any atom is -0.206 e. The molecule has 0 nitrogen and oxygen atoms in total. The smallest absolute Gasteiger partial charge is 0.130 e. The molecule has 3 aromatic rings. The van der Waals surface area contributed by atoms with Gasteiger partial charge < -0.3 is 0 Å². The van der Waals surface area contributed by atoms with Crippen molar-refractivity contribution in [2.24, 2.45) is 0 Å². The Morgan fingerprint density at radius 3 is 2.28 bits per heavy atom. The van der Waals surface area contributed by atoms with Crippen LogP contribution in [0.5, 0.6) is 0 Å². The van der Waals surface area contributed by atoms with Crippen molar-refractivity contribution in [2.45, 2.75) is 39.0 Å². The Morgan fingerprint density at radius 1 is 0.862 bits per heavy atom. The minimum absolute atomic E-state index is 0.165. The van der Waals surface area contributed by atoms with Crippen molar-refractivity contribution in [3.05, 3.63) is 119 Å². The lowest BCUT2D eigenvalue weighted by Crippen LogP contribution is -1.99. The molecule has 0 unspecified atom stereocenters. The Balaban J connectivity index is 1.62. The third kappa shape index (κ3) is 6.29. The average molecular weight is 385 g/mol. The number of hydrogen-bond donors (Lipinski definition) is 0. The van der Waals surface area contributed by atoms with E-state index < -0.39 is 0 Å². The first-order valence-electron chi connectivity index (χ1n) is 10.4. The maximum absolute atomic E-state index is 14.6. The van der Waals surface area contributed by atoms with Crippen molar-refractivity contribution in [2.75, 3.05) is 0 Å². The molecule has 0 aliphatic carbocycles. The fourth-order valence-electron chi connectivity index (χ4n) is 3.48. The predicted molar refractivity (Wildman–Crippen MR) is 123 cm³/mol. The second-order valence-corrected chi connectivity index (χ2v) is 7.55. The number of aryl methyl sites for hydroxylation is 1. The summed E-state index contributed by atoms with van der Waals surface area (Å²) in [5, 5.41) is 0. The lowest BCUT2D eigenvalue weighted by molar-refractivity contribution is 0.620. The summed E-state index contributed by atoms with van der Waals surface area (Å²) in [5.41, 5.74) is 5.34. The molecule has 0 saturated heterocycles. The largest absolute Gasteiger partial charge is 0.206 e. The molecule has 29 heavy (non-hydrogen) atoms. The molecule has 0 heterocycles. The van der Waals surface area contributed by atoms with Gasteiger partial charge in [0.1, 0.15) is 5.82 Å². The zero-order chi connectivity index (χ0) is 20.5. The predicted octanol–water partition coefficient (Wildman–Crippen LogP) is 7.85. The summed E-state index contributed by atoms with van der Waals surface area (Å²) in [6, 6.07) is 24.4. The standard InChI is InChI=1S/C28H29F/c1-3-4-6-9-23-12-14-24(15-13-23)16-18-27-19-17-25(21-28(27)29)20-22(2)26-10-7-5-8-11-26/h3-5,7-8,10-19,21-22H,6,9,20H2,1-2H3/t22-/m0/s1. The highest BCUT2D eigenvalue weighted by Crippen LogP contribution is 2.22. The molecule has 0 aliphatic heterocycles. The lowest BCUT2D eigenvalue weighted by atomic mass is 9.93. The van der Waals surface area contributed by atoms with E-state index in [4.69, 9.17) is 0 Å². The van der Waals surface area contributed by atoms with Crippen LogP contribution < -0.4 is 0 Å². The van der Waals surface area contributed by atoms with Crippen LogP contribution in [-0.4, -0.2) is 0 Å². The van der Waals surface area contributed by atoms with Crippen LogP contribution in [0.1, 0.15) is 54.0 Å². The van der Waals surface area contributed by atoms with E-state index in [-0.39, 0.29) is 5.82 Å². The SMILES string of the molecule is CC=CCCc1ccc(C=Cc2ccc(C[C@H](C)c3ccccc3)cc2F)cc1. The maximum atomic E-state index is 14.6. The molecule has 1 atom stereocenters. The van der Waals surface area contributed by atoms with Crippen molar-refractivity contribution < 1.29 is 4.39 Å².